The number of carbonyl (C=O) groups is 2. The van der Waals surface area contributed by atoms with Gasteiger partial charge in [0.05, 0.1) is 5.92 Å². The van der Waals surface area contributed by atoms with Gasteiger partial charge in [0.15, 0.2) is 0 Å². The van der Waals surface area contributed by atoms with Crippen molar-refractivity contribution >= 4 is 12.0 Å². The highest BCUT2D eigenvalue weighted by Crippen LogP contribution is 2.16. The molecule has 1 heterocycles. The number of urea groups is 1. The number of carboxylic acid groups (broad SMARTS) is 1. The van der Waals surface area contributed by atoms with E-state index >= 15 is 0 Å². The molecule has 0 aromatic rings. The highest BCUT2D eigenvalue weighted by atomic mass is 16.4. The summed E-state index contributed by atoms with van der Waals surface area (Å²) >= 11 is 0. The van der Waals surface area contributed by atoms with Gasteiger partial charge < -0.3 is 15.3 Å². The van der Waals surface area contributed by atoms with E-state index in [1.807, 2.05) is 6.92 Å². The first-order chi connectivity index (χ1) is 7.15. The maximum Gasteiger partial charge on any atom is 0.317 e. The van der Waals surface area contributed by atoms with Crippen LogP contribution in [-0.4, -0.2) is 41.6 Å². The Balaban J connectivity index is 2.41. The normalized spacial score (nSPS) is 21.1. The molecule has 0 saturated carbocycles. The molecule has 0 aromatic carbocycles. The second-order valence-electron chi connectivity index (χ2n) is 3.86. The lowest BCUT2D eigenvalue weighted by Gasteiger charge is -2.30. The number of carboxylic acids is 1. The van der Waals surface area contributed by atoms with Crippen LogP contribution in [0.1, 0.15) is 26.2 Å². The van der Waals surface area contributed by atoms with Crippen LogP contribution in [0.25, 0.3) is 0 Å². The predicted molar refractivity (Wildman–Crippen MR) is 55.6 cm³/mol. The number of likely N-dealkylation sites (tertiary alicyclic amines) is 1. The Morgan fingerprint density at radius 2 is 2.27 bits per heavy atom. The molecule has 1 rings (SSSR count). The Hall–Kier alpha value is -1.26. The number of carbonyl (C=O) groups excluding carboxylic acids is 1. The van der Waals surface area contributed by atoms with Gasteiger partial charge in [-0.25, -0.2) is 4.79 Å². The maximum absolute atomic E-state index is 11.5. The van der Waals surface area contributed by atoms with Gasteiger partial charge in [-0.2, -0.15) is 0 Å². The minimum atomic E-state index is -0.803. The molecule has 1 saturated heterocycles. The average molecular weight is 214 g/mol. The van der Waals surface area contributed by atoms with Crippen LogP contribution in [0.5, 0.6) is 0 Å². The van der Waals surface area contributed by atoms with Crippen LogP contribution >= 0.6 is 0 Å². The summed E-state index contributed by atoms with van der Waals surface area (Å²) < 4.78 is 0. The Morgan fingerprint density at radius 3 is 2.87 bits per heavy atom. The smallest absolute Gasteiger partial charge is 0.317 e. The molecular weight excluding hydrogens is 196 g/mol. The van der Waals surface area contributed by atoms with E-state index in [2.05, 4.69) is 5.32 Å². The molecule has 1 fully saturated rings. The van der Waals surface area contributed by atoms with Crippen molar-refractivity contribution in [2.75, 3.05) is 19.6 Å². The fourth-order valence-corrected chi connectivity index (χ4v) is 1.71. The van der Waals surface area contributed by atoms with Gasteiger partial charge in [0.25, 0.3) is 0 Å². The minimum Gasteiger partial charge on any atom is -0.481 e. The summed E-state index contributed by atoms with van der Waals surface area (Å²) in [4.78, 5) is 23.9. The van der Waals surface area contributed by atoms with Crippen LogP contribution < -0.4 is 5.32 Å². The van der Waals surface area contributed by atoms with Gasteiger partial charge in [-0.3, -0.25) is 4.79 Å². The lowest BCUT2D eigenvalue weighted by Crippen LogP contribution is -2.47. The molecule has 86 valence electrons. The highest BCUT2D eigenvalue weighted by Gasteiger charge is 2.27. The summed E-state index contributed by atoms with van der Waals surface area (Å²) in [6, 6.07) is -0.136. The number of rotatable bonds is 3. The second kappa shape index (κ2) is 5.58. The molecule has 5 nitrogen and oxygen atoms in total. The molecular formula is C10H18N2O3. The van der Waals surface area contributed by atoms with Gasteiger partial charge >= 0.3 is 12.0 Å². The van der Waals surface area contributed by atoms with Crippen LogP contribution in [0, 0.1) is 5.92 Å². The monoisotopic (exact) mass is 214 g/mol. The standard InChI is InChI=1S/C10H18N2O3/c1-2-5-11-10(15)12-6-3-4-8(7-12)9(13)14/h8H,2-7H2,1H3,(H,11,15)(H,13,14)/t8-/m0/s1. The van der Waals surface area contributed by atoms with Crippen LogP contribution in [0.3, 0.4) is 0 Å². The molecule has 0 aliphatic carbocycles. The largest absolute Gasteiger partial charge is 0.481 e. The number of piperidine rings is 1. The lowest BCUT2D eigenvalue weighted by molar-refractivity contribution is -0.143. The summed E-state index contributed by atoms with van der Waals surface area (Å²) in [5.41, 5.74) is 0. The van der Waals surface area contributed by atoms with E-state index in [0.29, 0.717) is 26.1 Å². The number of nitrogens with one attached hydrogen (secondary N) is 1. The number of aliphatic carboxylic acids is 1. The summed E-state index contributed by atoms with van der Waals surface area (Å²) in [6.07, 6.45) is 2.34. The van der Waals surface area contributed by atoms with Crippen molar-refractivity contribution < 1.29 is 14.7 Å². The van der Waals surface area contributed by atoms with Gasteiger partial charge in [-0.05, 0) is 19.3 Å². The van der Waals surface area contributed by atoms with Gasteiger partial charge in [0.1, 0.15) is 0 Å². The van der Waals surface area contributed by atoms with Gasteiger partial charge in [-0.1, -0.05) is 6.92 Å². The van der Waals surface area contributed by atoms with E-state index in [9.17, 15) is 9.59 Å². The lowest BCUT2D eigenvalue weighted by atomic mass is 9.99. The van der Waals surface area contributed by atoms with E-state index < -0.39 is 11.9 Å². The highest BCUT2D eigenvalue weighted by molar-refractivity contribution is 5.76. The summed E-state index contributed by atoms with van der Waals surface area (Å²) in [7, 11) is 0. The number of amides is 2. The van der Waals surface area contributed by atoms with Crippen LogP contribution in [-0.2, 0) is 4.79 Å². The molecule has 1 aliphatic heterocycles. The zero-order valence-electron chi connectivity index (χ0n) is 9.03. The molecule has 0 unspecified atom stereocenters. The second-order valence-corrected chi connectivity index (χ2v) is 3.86. The first-order valence-electron chi connectivity index (χ1n) is 5.40. The van der Waals surface area contributed by atoms with Crippen molar-refractivity contribution in [3.63, 3.8) is 0 Å². The third kappa shape index (κ3) is 3.42. The molecule has 0 spiro atoms. The minimum absolute atomic E-state index is 0.136. The quantitative estimate of drug-likeness (QED) is 0.733. The molecule has 5 heteroatoms. The molecule has 2 N–H and O–H groups in total. The van der Waals surface area contributed by atoms with E-state index in [1.54, 1.807) is 4.90 Å². The molecule has 0 radical (unpaired) electrons. The van der Waals surface area contributed by atoms with Crippen LogP contribution in [0.15, 0.2) is 0 Å². The summed E-state index contributed by atoms with van der Waals surface area (Å²) in [5.74, 6) is -1.20. The van der Waals surface area contributed by atoms with Crippen molar-refractivity contribution in [2.45, 2.75) is 26.2 Å². The molecule has 0 bridgehead atoms. The predicted octanol–water partition coefficient (Wildman–Crippen LogP) is 0.903. The van der Waals surface area contributed by atoms with Gasteiger partial charge in [0, 0.05) is 19.6 Å². The van der Waals surface area contributed by atoms with Crippen LogP contribution in [0.4, 0.5) is 4.79 Å². The fourth-order valence-electron chi connectivity index (χ4n) is 1.71. The van der Waals surface area contributed by atoms with E-state index in [1.165, 1.54) is 0 Å². The molecule has 2 amide bonds. The van der Waals surface area contributed by atoms with Crippen molar-refractivity contribution in [3.8, 4) is 0 Å². The Morgan fingerprint density at radius 1 is 1.53 bits per heavy atom. The van der Waals surface area contributed by atoms with Gasteiger partial charge in [-0.15, -0.1) is 0 Å². The first kappa shape index (κ1) is 11.8. The average Bonchev–Trinajstić information content (AvgIpc) is 2.26. The Labute approximate surface area is 89.4 Å². The van der Waals surface area contributed by atoms with E-state index in [4.69, 9.17) is 5.11 Å². The molecule has 1 aliphatic rings. The van der Waals surface area contributed by atoms with E-state index in [0.717, 1.165) is 12.8 Å². The van der Waals surface area contributed by atoms with Gasteiger partial charge in [0.2, 0.25) is 0 Å². The van der Waals surface area contributed by atoms with Crippen molar-refractivity contribution in [3.05, 3.63) is 0 Å². The third-order valence-electron chi connectivity index (χ3n) is 2.58. The Kier molecular flexibility index (Phi) is 4.39. The number of hydrogen-bond acceptors (Lipinski definition) is 2. The Bertz CT molecular complexity index is 243. The SMILES string of the molecule is CCCNC(=O)N1CCC[C@H](C(=O)O)C1. The zero-order valence-corrected chi connectivity index (χ0v) is 9.03. The summed E-state index contributed by atoms with van der Waals surface area (Å²) in [6.45, 7) is 3.63. The number of nitrogens with zero attached hydrogens (tertiary/aromatic N) is 1. The van der Waals surface area contributed by atoms with Crippen molar-refractivity contribution in [2.24, 2.45) is 5.92 Å². The van der Waals surface area contributed by atoms with E-state index in [-0.39, 0.29) is 6.03 Å². The third-order valence-corrected chi connectivity index (χ3v) is 2.58. The fraction of sp³-hybridized carbons (Fsp3) is 0.800. The zero-order chi connectivity index (χ0) is 11.3. The number of hydrogen-bond donors (Lipinski definition) is 2. The molecule has 1 atom stereocenters. The topological polar surface area (TPSA) is 69.6 Å². The van der Waals surface area contributed by atoms with Crippen molar-refractivity contribution in [1.29, 1.82) is 0 Å². The first-order valence-corrected chi connectivity index (χ1v) is 5.40. The molecule has 0 aromatic heterocycles. The van der Waals surface area contributed by atoms with Crippen molar-refractivity contribution in [1.82, 2.24) is 10.2 Å². The molecule has 15 heavy (non-hydrogen) atoms. The van der Waals surface area contributed by atoms with Crippen LogP contribution in [0.2, 0.25) is 0 Å². The summed E-state index contributed by atoms with van der Waals surface area (Å²) in [5, 5.41) is 11.6. The maximum atomic E-state index is 11.5.